The van der Waals surface area contributed by atoms with Crippen molar-refractivity contribution in [3.05, 3.63) is 23.8 Å². The fraction of sp³-hybridized carbons (Fsp3) is 0.632. The van der Waals surface area contributed by atoms with Gasteiger partial charge in [0.1, 0.15) is 0 Å². The quantitative estimate of drug-likeness (QED) is 0.385. The Hall–Kier alpha value is -1.65. The van der Waals surface area contributed by atoms with Crippen molar-refractivity contribution < 1.29 is 23.0 Å². The Morgan fingerprint density at radius 1 is 1.08 bits per heavy atom. The highest BCUT2D eigenvalue weighted by molar-refractivity contribution is 5.75. The Labute approximate surface area is 142 Å². The topological polar surface area (TPSA) is 35.5 Å². The number of esters is 1. The zero-order chi connectivity index (χ0) is 17.5. The van der Waals surface area contributed by atoms with E-state index in [9.17, 15) is 13.6 Å². The van der Waals surface area contributed by atoms with Crippen LogP contribution in [0.5, 0.6) is 11.5 Å². The van der Waals surface area contributed by atoms with Crippen molar-refractivity contribution >= 4 is 5.97 Å². The lowest BCUT2D eigenvalue weighted by molar-refractivity contribution is -0.140. The molecule has 5 heteroatoms. The second-order valence-corrected chi connectivity index (χ2v) is 6.44. The van der Waals surface area contributed by atoms with Gasteiger partial charge >= 0.3 is 5.97 Å². The van der Waals surface area contributed by atoms with Gasteiger partial charge in [0.05, 0.1) is 12.5 Å². The lowest BCUT2D eigenvalue weighted by Gasteiger charge is -2.26. The van der Waals surface area contributed by atoms with Crippen LogP contribution < -0.4 is 9.47 Å². The van der Waals surface area contributed by atoms with E-state index in [1.54, 1.807) is 0 Å². The van der Waals surface area contributed by atoms with Crippen LogP contribution in [0, 0.1) is 23.5 Å². The molecule has 0 aliphatic heterocycles. The second-order valence-electron chi connectivity index (χ2n) is 6.44. The summed E-state index contributed by atoms with van der Waals surface area (Å²) in [5.41, 5.74) is 0. The fourth-order valence-corrected chi connectivity index (χ4v) is 3.03. The van der Waals surface area contributed by atoms with Gasteiger partial charge in [0.25, 0.3) is 0 Å². The van der Waals surface area contributed by atoms with Crippen LogP contribution in [0.2, 0.25) is 0 Å². The van der Waals surface area contributed by atoms with E-state index in [-0.39, 0.29) is 17.4 Å². The molecular formula is C19H26F2O3. The normalized spacial score (nSPS) is 20.7. The van der Waals surface area contributed by atoms with Crippen molar-refractivity contribution in [1.82, 2.24) is 0 Å². The minimum Gasteiger partial charge on any atom is -0.490 e. The molecule has 1 aromatic carbocycles. The van der Waals surface area contributed by atoms with E-state index in [0.29, 0.717) is 12.5 Å². The molecule has 0 radical (unpaired) electrons. The molecule has 0 unspecified atom stereocenters. The van der Waals surface area contributed by atoms with Crippen LogP contribution in [0.4, 0.5) is 8.78 Å². The second kappa shape index (κ2) is 9.00. The van der Waals surface area contributed by atoms with Crippen LogP contribution in [0.25, 0.3) is 0 Å². The molecule has 0 saturated heterocycles. The highest BCUT2D eigenvalue weighted by atomic mass is 19.2. The van der Waals surface area contributed by atoms with Crippen LogP contribution in [0.3, 0.4) is 0 Å². The Kier molecular flexibility index (Phi) is 7.00. The highest BCUT2D eigenvalue weighted by Gasteiger charge is 2.28. The third kappa shape index (κ3) is 4.68. The molecule has 0 N–H and O–H groups in total. The summed E-state index contributed by atoms with van der Waals surface area (Å²) in [6.07, 6.45) is 6.24. The predicted molar refractivity (Wildman–Crippen MR) is 88.1 cm³/mol. The van der Waals surface area contributed by atoms with E-state index in [0.717, 1.165) is 44.9 Å². The largest absolute Gasteiger partial charge is 0.490 e. The predicted octanol–water partition coefficient (Wildman–Crippen LogP) is 5.27. The Morgan fingerprint density at radius 3 is 2.33 bits per heavy atom. The minimum absolute atomic E-state index is 0.149. The van der Waals surface area contributed by atoms with Gasteiger partial charge in [-0.15, -0.1) is 0 Å². The molecule has 24 heavy (non-hydrogen) atoms. The fourth-order valence-electron chi connectivity index (χ4n) is 3.03. The molecule has 134 valence electrons. The summed E-state index contributed by atoms with van der Waals surface area (Å²) < 4.78 is 38.4. The summed E-state index contributed by atoms with van der Waals surface area (Å²) in [7, 11) is 0. The first kappa shape index (κ1) is 18.7. The van der Waals surface area contributed by atoms with Gasteiger partial charge in [-0.25, -0.2) is 0 Å². The number of carbonyl (C=O) groups is 1. The van der Waals surface area contributed by atoms with Crippen molar-refractivity contribution in [3.8, 4) is 11.5 Å². The molecule has 1 aliphatic rings. The van der Waals surface area contributed by atoms with Gasteiger partial charge in [0.2, 0.25) is 11.6 Å². The third-order valence-corrected chi connectivity index (χ3v) is 4.73. The average molecular weight is 340 g/mol. The SMILES string of the molecule is CCCCOc1ccc(OC(=O)[C@H]2CC[C@H](CC)CC2)c(F)c1F. The number of hydrogen-bond donors (Lipinski definition) is 0. The smallest absolute Gasteiger partial charge is 0.314 e. The molecule has 0 atom stereocenters. The third-order valence-electron chi connectivity index (χ3n) is 4.73. The van der Waals surface area contributed by atoms with Crippen LogP contribution in [0.15, 0.2) is 12.1 Å². The molecule has 1 saturated carbocycles. The monoisotopic (exact) mass is 340 g/mol. The van der Waals surface area contributed by atoms with Gasteiger partial charge in [-0.3, -0.25) is 4.79 Å². The van der Waals surface area contributed by atoms with Gasteiger partial charge < -0.3 is 9.47 Å². The van der Waals surface area contributed by atoms with Crippen LogP contribution >= 0.6 is 0 Å². The van der Waals surface area contributed by atoms with Crippen molar-refractivity contribution in [2.24, 2.45) is 11.8 Å². The number of halogens is 2. The van der Waals surface area contributed by atoms with Gasteiger partial charge in [0, 0.05) is 0 Å². The highest BCUT2D eigenvalue weighted by Crippen LogP contribution is 2.33. The van der Waals surface area contributed by atoms with E-state index in [4.69, 9.17) is 9.47 Å². The molecular weight excluding hydrogens is 314 g/mol. The minimum atomic E-state index is -1.17. The lowest BCUT2D eigenvalue weighted by Crippen LogP contribution is -2.25. The van der Waals surface area contributed by atoms with Gasteiger partial charge in [-0.05, 0) is 50.2 Å². The summed E-state index contributed by atoms with van der Waals surface area (Å²) in [6, 6.07) is 2.57. The summed E-state index contributed by atoms with van der Waals surface area (Å²) >= 11 is 0. The van der Waals surface area contributed by atoms with Gasteiger partial charge in [0.15, 0.2) is 11.5 Å². The van der Waals surface area contributed by atoms with Crippen LogP contribution in [0.1, 0.15) is 58.8 Å². The van der Waals surface area contributed by atoms with Crippen LogP contribution in [-0.4, -0.2) is 12.6 Å². The van der Waals surface area contributed by atoms with Gasteiger partial charge in [-0.1, -0.05) is 26.7 Å². The molecule has 1 aliphatic carbocycles. The first-order valence-electron chi connectivity index (χ1n) is 8.89. The lowest BCUT2D eigenvalue weighted by atomic mass is 9.81. The molecule has 0 heterocycles. The van der Waals surface area contributed by atoms with Crippen molar-refractivity contribution in [1.29, 1.82) is 0 Å². The van der Waals surface area contributed by atoms with E-state index in [2.05, 4.69) is 6.92 Å². The number of ether oxygens (including phenoxy) is 2. The molecule has 0 aromatic heterocycles. The van der Waals surface area contributed by atoms with E-state index < -0.39 is 17.6 Å². The molecule has 2 rings (SSSR count). The Balaban J connectivity index is 1.97. The maximum absolute atomic E-state index is 14.1. The maximum Gasteiger partial charge on any atom is 0.314 e. The summed E-state index contributed by atoms with van der Waals surface area (Å²) in [6.45, 7) is 4.45. The summed E-state index contributed by atoms with van der Waals surface area (Å²) in [4.78, 5) is 12.2. The zero-order valence-corrected chi connectivity index (χ0v) is 14.4. The zero-order valence-electron chi connectivity index (χ0n) is 14.4. The average Bonchev–Trinajstić information content (AvgIpc) is 2.61. The number of unbranched alkanes of at least 4 members (excludes halogenated alkanes) is 1. The first-order chi connectivity index (χ1) is 11.6. The first-order valence-corrected chi connectivity index (χ1v) is 8.89. The molecule has 1 fully saturated rings. The van der Waals surface area contributed by atoms with E-state index >= 15 is 0 Å². The standard InChI is InChI=1S/C19H26F2O3/c1-3-5-12-23-15-10-11-16(18(21)17(15)20)24-19(22)14-8-6-13(4-2)7-9-14/h10-11,13-14H,3-9,12H2,1-2H3/t13-,14-. The molecule has 0 bridgehead atoms. The van der Waals surface area contributed by atoms with Crippen molar-refractivity contribution in [2.75, 3.05) is 6.61 Å². The van der Waals surface area contributed by atoms with E-state index in [1.807, 2.05) is 6.92 Å². The summed E-state index contributed by atoms with van der Waals surface area (Å²) in [5.74, 6) is -2.83. The number of carbonyl (C=O) groups excluding carboxylic acids is 1. The number of hydrogen-bond acceptors (Lipinski definition) is 3. The molecule has 0 spiro atoms. The van der Waals surface area contributed by atoms with Crippen molar-refractivity contribution in [2.45, 2.75) is 58.8 Å². The molecule has 3 nitrogen and oxygen atoms in total. The molecule has 1 aromatic rings. The number of rotatable bonds is 7. The van der Waals surface area contributed by atoms with Gasteiger partial charge in [-0.2, -0.15) is 8.78 Å². The maximum atomic E-state index is 14.1. The Morgan fingerprint density at radius 2 is 1.71 bits per heavy atom. The van der Waals surface area contributed by atoms with E-state index in [1.165, 1.54) is 12.1 Å². The van der Waals surface area contributed by atoms with Crippen LogP contribution in [-0.2, 0) is 4.79 Å². The molecule has 0 amide bonds. The summed E-state index contributed by atoms with van der Waals surface area (Å²) in [5, 5.41) is 0. The number of benzene rings is 1. The van der Waals surface area contributed by atoms with Crippen molar-refractivity contribution in [3.63, 3.8) is 0 Å². The Bertz CT molecular complexity index is 552.